The number of carbonyl (C=O) groups excluding carboxylic acids is 1. The van der Waals surface area contributed by atoms with E-state index < -0.39 is 56.9 Å². The summed E-state index contributed by atoms with van der Waals surface area (Å²) in [4.78, 5) is 16.1. The van der Waals surface area contributed by atoms with Crippen LogP contribution in [0, 0.1) is 17.6 Å². The van der Waals surface area contributed by atoms with Crippen LogP contribution in [0.4, 0.5) is 14.5 Å². The molecule has 3 aromatic rings. The lowest BCUT2D eigenvalue weighted by molar-refractivity contribution is -0.179. The van der Waals surface area contributed by atoms with Gasteiger partial charge in [0.2, 0.25) is 10.0 Å². The molecule has 0 radical (unpaired) electrons. The molecule has 1 amide bonds. The number of rotatable bonds is 11. The number of amides is 1. The highest BCUT2D eigenvalue weighted by Gasteiger charge is 2.52. The van der Waals surface area contributed by atoms with Gasteiger partial charge in [0.15, 0.2) is 11.6 Å². The van der Waals surface area contributed by atoms with Gasteiger partial charge in [-0.15, -0.1) is 6.58 Å². The van der Waals surface area contributed by atoms with Gasteiger partial charge in [-0.2, -0.15) is 0 Å². The number of sulfonamides is 1. The number of nitrogens with zero attached hydrogens (tertiary/aromatic N) is 2. The summed E-state index contributed by atoms with van der Waals surface area (Å²) in [5.41, 5.74) is 0.813. The Bertz CT molecular complexity index is 1640. The van der Waals surface area contributed by atoms with Gasteiger partial charge < -0.3 is 9.64 Å². The quantitative estimate of drug-likeness (QED) is 0.198. The van der Waals surface area contributed by atoms with Gasteiger partial charge in [-0.3, -0.25) is 9.10 Å². The molecule has 3 aliphatic rings. The summed E-state index contributed by atoms with van der Waals surface area (Å²) >= 11 is 12.6. The predicted octanol–water partition coefficient (Wildman–Crippen LogP) is 7.63. The molecule has 1 heterocycles. The Morgan fingerprint density at radius 1 is 0.955 bits per heavy atom. The Kier molecular flexibility index (Phi) is 8.76. The van der Waals surface area contributed by atoms with E-state index >= 15 is 8.78 Å². The number of halogens is 4. The Morgan fingerprint density at radius 3 is 2.20 bits per heavy atom. The lowest BCUT2D eigenvalue weighted by Gasteiger charge is -2.49. The molecule has 44 heavy (non-hydrogen) atoms. The zero-order valence-electron chi connectivity index (χ0n) is 23.8. The molecule has 3 aromatic carbocycles. The number of carbonyl (C=O) groups is 1. The molecule has 0 spiro atoms. The molecule has 4 atom stereocenters. The van der Waals surface area contributed by atoms with Crippen molar-refractivity contribution in [2.45, 2.75) is 61.6 Å². The molecule has 1 saturated heterocycles. The van der Waals surface area contributed by atoms with Gasteiger partial charge in [0.25, 0.3) is 5.91 Å². The van der Waals surface area contributed by atoms with Crippen molar-refractivity contribution in [2.24, 2.45) is 5.92 Å². The maximum absolute atomic E-state index is 15.3. The molecular weight excluding hydrogens is 629 g/mol. The summed E-state index contributed by atoms with van der Waals surface area (Å²) in [6.45, 7) is 3.51. The van der Waals surface area contributed by atoms with Crippen LogP contribution < -0.4 is 4.31 Å². The van der Waals surface area contributed by atoms with Crippen molar-refractivity contribution >= 4 is 44.8 Å². The van der Waals surface area contributed by atoms with Gasteiger partial charge >= 0.3 is 0 Å². The Morgan fingerprint density at radius 2 is 1.61 bits per heavy atom. The van der Waals surface area contributed by atoms with Crippen LogP contribution in [-0.2, 0) is 19.6 Å². The maximum atomic E-state index is 15.3. The molecule has 3 fully saturated rings. The van der Waals surface area contributed by atoms with Gasteiger partial charge in [-0.1, -0.05) is 59.6 Å². The maximum Gasteiger partial charge on any atom is 0.252 e. The third-order valence-electron chi connectivity index (χ3n) is 8.51. The monoisotopic (exact) mass is 660 g/mol. The highest BCUT2D eigenvalue weighted by molar-refractivity contribution is 7.93. The van der Waals surface area contributed by atoms with E-state index in [-0.39, 0.29) is 24.8 Å². The molecule has 2 aliphatic carbocycles. The molecule has 1 aliphatic heterocycles. The van der Waals surface area contributed by atoms with Crippen LogP contribution in [0.25, 0.3) is 0 Å². The first kappa shape index (κ1) is 31.0. The van der Waals surface area contributed by atoms with E-state index in [4.69, 9.17) is 27.9 Å². The average Bonchev–Trinajstić information content (AvgIpc) is 3.90. The number of benzene rings is 3. The Hall–Kier alpha value is -2.98. The zero-order chi connectivity index (χ0) is 31.2. The topological polar surface area (TPSA) is 66.9 Å². The van der Waals surface area contributed by atoms with Gasteiger partial charge in [-0.05, 0) is 79.1 Å². The summed E-state index contributed by atoms with van der Waals surface area (Å²) in [6.07, 6.45) is 2.47. The molecule has 0 N–H and O–H groups in total. The minimum absolute atomic E-state index is 0.0945. The zero-order valence-corrected chi connectivity index (χ0v) is 26.1. The van der Waals surface area contributed by atoms with Gasteiger partial charge in [0, 0.05) is 16.5 Å². The molecule has 232 valence electrons. The number of hydrogen-bond donors (Lipinski definition) is 0. The van der Waals surface area contributed by atoms with Crippen molar-refractivity contribution in [1.29, 1.82) is 0 Å². The van der Waals surface area contributed by atoms with Gasteiger partial charge in [-0.25, -0.2) is 17.2 Å². The lowest BCUT2D eigenvalue weighted by atomic mass is 9.89. The minimum atomic E-state index is -4.13. The highest BCUT2D eigenvalue weighted by atomic mass is 35.5. The first-order valence-corrected chi connectivity index (χ1v) is 16.9. The van der Waals surface area contributed by atoms with Crippen LogP contribution in [-0.4, -0.2) is 43.2 Å². The number of morpholine rings is 1. The van der Waals surface area contributed by atoms with Crippen LogP contribution in [0.1, 0.15) is 55.4 Å². The normalized spacial score (nSPS) is 23.0. The molecular formula is C33H32Cl2F2N2O4S. The van der Waals surface area contributed by atoms with Crippen molar-refractivity contribution in [3.63, 3.8) is 0 Å². The van der Waals surface area contributed by atoms with Crippen molar-refractivity contribution in [3.05, 3.63) is 112 Å². The van der Waals surface area contributed by atoms with E-state index in [9.17, 15) is 13.2 Å². The molecule has 6 rings (SSSR count). The highest BCUT2D eigenvalue weighted by Crippen LogP contribution is 2.49. The lowest BCUT2D eigenvalue weighted by Crippen LogP contribution is -2.58. The smallest absolute Gasteiger partial charge is 0.252 e. The van der Waals surface area contributed by atoms with E-state index in [1.165, 1.54) is 6.07 Å². The number of hydrogen-bond acceptors (Lipinski definition) is 4. The van der Waals surface area contributed by atoms with E-state index in [1.54, 1.807) is 53.4 Å². The fraction of sp³-hybridized carbons (Fsp3) is 0.364. The first-order chi connectivity index (χ1) is 21.1. The number of ether oxygens (including phenoxy) is 1. The van der Waals surface area contributed by atoms with Crippen LogP contribution in [0.5, 0.6) is 0 Å². The van der Waals surface area contributed by atoms with Crippen molar-refractivity contribution in [1.82, 2.24) is 4.90 Å². The van der Waals surface area contributed by atoms with E-state index in [0.717, 1.165) is 34.8 Å². The van der Waals surface area contributed by atoms with Crippen molar-refractivity contribution in [2.75, 3.05) is 10.8 Å². The summed E-state index contributed by atoms with van der Waals surface area (Å²) in [5.74, 6) is -2.40. The van der Waals surface area contributed by atoms with Crippen molar-refractivity contribution in [3.8, 4) is 0 Å². The second kappa shape index (κ2) is 12.4. The number of para-hydroxylation sites is 1. The van der Waals surface area contributed by atoms with Crippen LogP contribution >= 0.6 is 23.2 Å². The van der Waals surface area contributed by atoms with Gasteiger partial charge in [0.05, 0.1) is 23.9 Å². The fourth-order valence-electron chi connectivity index (χ4n) is 6.09. The average molecular weight is 662 g/mol. The fourth-order valence-corrected chi connectivity index (χ4v) is 8.29. The van der Waals surface area contributed by atoms with E-state index in [1.807, 2.05) is 6.07 Å². The third kappa shape index (κ3) is 6.12. The first-order valence-electron chi connectivity index (χ1n) is 14.6. The molecule has 6 nitrogen and oxygen atoms in total. The second-order valence-electron chi connectivity index (χ2n) is 11.6. The standard InChI is InChI=1S/C33H32Cl2F2N2O4S/c1-2-5-29-33(40)39(30(21-12-14-23(34)15-13-21)32(43-29)22-6-3-7-24(35)18-22)28(20-10-11-20)19-38(44(41,42)25-16-17-25)31-26(36)8-4-9-27(31)37/h2-4,6-9,12-15,18,20,25,28-30,32H,1,5,10-11,16-17,19H2/t28-,29-,30+,32+/m0/s1. The Labute approximate surface area is 266 Å². The summed E-state index contributed by atoms with van der Waals surface area (Å²) in [5, 5.41) is 0.254. The van der Waals surface area contributed by atoms with E-state index in [2.05, 4.69) is 6.58 Å². The largest absolute Gasteiger partial charge is 0.358 e. The summed E-state index contributed by atoms with van der Waals surface area (Å²) < 4.78 is 65.6. The summed E-state index contributed by atoms with van der Waals surface area (Å²) in [7, 11) is -4.13. The third-order valence-corrected chi connectivity index (χ3v) is 11.3. The molecule has 0 unspecified atom stereocenters. The second-order valence-corrected chi connectivity index (χ2v) is 14.6. The van der Waals surface area contributed by atoms with E-state index in [0.29, 0.717) is 28.5 Å². The molecule has 0 aromatic heterocycles. The summed E-state index contributed by atoms with van der Waals surface area (Å²) in [6, 6.07) is 16.1. The van der Waals surface area contributed by atoms with Crippen molar-refractivity contribution < 1.29 is 26.7 Å². The van der Waals surface area contributed by atoms with Crippen LogP contribution in [0.2, 0.25) is 10.0 Å². The SMILES string of the molecule is C=CC[C@@H]1O[C@H](c2cccc(Cl)c2)[C@@H](c2ccc(Cl)cc2)N([C@@H](CN(c2c(F)cccc2F)S(=O)(=O)C2CC2)C2CC2)C1=O. The van der Waals surface area contributed by atoms with Gasteiger partial charge in [0.1, 0.15) is 17.9 Å². The predicted molar refractivity (Wildman–Crippen MR) is 167 cm³/mol. The minimum Gasteiger partial charge on any atom is -0.358 e. The Balaban J connectivity index is 1.51. The number of anilines is 1. The van der Waals surface area contributed by atoms with Crippen LogP contribution in [0.3, 0.4) is 0 Å². The molecule has 11 heteroatoms. The molecule has 0 bridgehead atoms. The molecule has 2 saturated carbocycles. The van der Waals surface area contributed by atoms with Crippen LogP contribution in [0.15, 0.2) is 79.4 Å².